The number of aromatic nitrogens is 3. The minimum Gasteiger partial charge on any atom is -0.418 e. The van der Waals surface area contributed by atoms with Crippen molar-refractivity contribution in [2.45, 2.75) is 32.1 Å². The molecule has 35 heavy (non-hydrogen) atoms. The van der Waals surface area contributed by atoms with E-state index in [1.54, 1.807) is 12.1 Å². The van der Waals surface area contributed by atoms with E-state index in [0.29, 0.717) is 41.0 Å². The average Bonchev–Trinajstić information content (AvgIpc) is 3.47. The molecule has 1 N–H and O–H groups in total. The third-order valence-electron chi connectivity index (χ3n) is 6.65. The Morgan fingerprint density at radius 3 is 2.66 bits per heavy atom. The van der Waals surface area contributed by atoms with Crippen LogP contribution in [-0.2, 0) is 6.42 Å². The van der Waals surface area contributed by atoms with E-state index in [4.69, 9.17) is 9.26 Å². The third-order valence-corrected chi connectivity index (χ3v) is 6.65. The zero-order valence-corrected chi connectivity index (χ0v) is 19.6. The first-order chi connectivity index (χ1) is 16.9. The lowest BCUT2D eigenvalue weighted by molar-refractivity contribution is 0.311. The molecule has 0 bridgehead atoms. The van der Waals surface area contributed by atoms with Crippen LogP contribution in [0, 0.1) is 11.6 Å². The molecule has 0 radical (unpaired) electrons. The Bertz CT molecular complexity index is 1310. The second kappa shape index (κ2) is 8.60. The topological polar surface area (TPSA) is 79.5 Å². The number of allylic oxidation sites excluding steroid dienone is 1. The quantitative estimate of drug-likeness (QED) is 0.536. The molecule has 6 rings (SSSR count). The van der Waals surface area contributed by atoms with E-state index in [9.17, 15) is 4.39 Å². The average molecular weight is 481 g/mol. The first kappa shape index (κ1) is 22.0. The van der Waals surface area contributed by atoms with Gasteiger partial charge in [0.1, 0.15) is 11.6 Å². The fraction of sp³-hybridized carbons (Fsp3) is 0.400. The highest BCUT2D eigenvalue weighted by Crippen LogP contribution is 2.40. The summed E-state index contributed by atoms with van der Waals surface area (Å²) in [5, 5.41) is 7.22. The van der Waals surface area contributed by atoms with E-state index in [-0.39, 0.29) is 6.01 Å². The molecule has 10 heteroatoms. The summed E-state index contributed by atoms with van der Waals surface area (Å²) in [6.45, 7) is 5.14. The van der Waals surface area contributed by atoms with Crippen LogP contribution in [0.2, 0.25) is 0 Å². The fourth-order valence-corrected chi connectivity index (χ4v) is 4.51. The van der Waals surface area contributed by atoms with Crippen molar-refractivity contribution in [1.29, 1.82) is 0 Å². The number of nitrogens with one attached hydrogen (secondary N) is 1. The molecule has 1 saturated heterocycles. The standard InChI is InChI=1S/C25H26F2N6O2/c1-14-9-16-11-18(26)24(23(27)17(16)10-14)34-25-29-20(28-22-12-19(31-35-22)15-3-4-15)13-21(30-25)33-7-5-32(2)6-8-33/h10-13,15H,3-9H2,1-2H3,(H,28,29,30). The Balaban J connectivity index is 1.33. The summed E-state index contributed by atoms with van der Waals surface area (Å²) in [7, 11) is 2.07. The minimum absolute atomic E-state index is 0.151. The summed E-state index contributed by atoms with van der Waals surface area (Å²) in [6.07, 6.45) is 4.45. The Hall–Kier alpha value is -3.53. The maximum atomic E-state index is 15.2. The minimum atomic E-state index is -0.781. The van der Waals surface area contributed by atoms with Gasteiger partial charge in [-0.25, -0.2) is 8.78 Å². The molecule has 3 heterocycles. The second-order valence-corrected chi connectivity index (χ2v) is 9.54. The van der Waals surface area contributed by atoms with Crippen molar-refractivity contribution in [1.82, 2.24) is 20.0 Å². The van der Waals surface area contributed by atoms with Crippen LogP contribution in [0.4, 0.5) is 26.3 Å². The van der Waals surface area contributed by atoms with Crippen LogP contribution in [-0.4, -0.2) is 53.3 Å². The summed E-state index contributed by atoms with van der Waals surface area (Å²) in [5.74, 6) is -0.155. The molecule has 182 valence electrons. The molecule has 1 aliphatic heterocycles. The Morgan fingerprint density at radius 2 is 1.89 bits per heavy atom. The highest BCUT2D eigenvalue weighted by Gasteiger charge is 2.28. The first-order valence-electron chi connectivity index (χ1n) is 11.8. The SMILES string of the molecule is CC1=Cc2c(cc(F)c(Oc3nc(Nc4cc(C5CC5)no4)cc(N4CCN(C)CC4)n3)c2F)C1. The van der Waals surface area contributed by atoms with E-state index in [0.717, 1.165) is 50.3 Å². The summed E-state index contributed by atoms with van der Waals surface area (Å²) in [5.41, 5.74) is 2.83. The highest BCUT2D eigenvalue weighted by molar-refractivity contribution is 5.66. The van der Waals surface area contributed by atoms with Gasteiger partial charge >= 0.3 is 6.01 Å². The molecule has 2 aromatic heterocycles. The zero-order valence-electron chi connectivity index (χ0n) is 19.6. The van der Waals surface area contributed by atoms with Gasteiger partial charge in [0.25, 0.3) is 0 Å². The number of fused-ring (bicyclic) bond motifs is 1. The van der Waals surface area contributed by atoms with Crippen LogP contribution in [0.3, 0.4) is 0 Å². The van der Waals surface area contributed by atoms with Gasteiger partial charge in [-0.05, 0) is 44.9 Å². The number of benzene rings is 1. The molecule has 3 aliphatic rings. The van der Waals surface area contributed by atoms with Crippen molar-refractivity contribution in [2.24, 2.45) is 0 Å². The summed E-state index contributed by atoms with van der Waals surface area (Å²) < 4.78 is 41.1. The van der Waals surface area contributed by atoms with Crippen LogP contribution >= 0.6 is 0 Å². The van der Waals surface area contributed by atoms with Gasteiger partial charge in [-0.15, -0.1) is 0 Å². The van der Waals surface area contributed by atoms with Crippen molar-refractivity contribution < 1.29 is 18.0 Å². The van der Waals surface area contributed by atoms with Gasteiger partial charge in [0.2, 0.25) is 11.6 Å². The fourth-order valence-electron chi connectivity index (χ4n) is 4.51. The molecule has 8 nitrogen and oxygen atoms in total. The largest absolute Gasteiger partial charge is 0.418 e. The normalized spacial score (nSPS) is 17.9. The highest BCUT2D eigenvalue weighted by atomic mass is 19.1. The van der Waals surface area contributed by atoms with E-state index >= 15 is 4.39 Å². The molecular formula is C25H26F2N6O2. The number of halogens is 2. The lowest BCUT2D eigenvalue weighted by Crippen LogP contribution is -2.44. The Morgan fingerprint density at radius 1 is 1.09 bits per heavy atom. The Labute approximate surface area is 201 Å². The second-order valence-electron chi connectivity index (χ2n) is 9.54. The van der Waals surface area contributed by atoms with Crippen molar-refractivity contribution in [3.8, 4) is 11.8 Å². The number of rotatable bonds is 6. The van der Waals surface area contributed by atoms with Crippen molar-refractivity contribution in [2.75, 3.05) is 43.4 Å². The van der Waals surface area contributed by atoms with E-state index < -0.39 is 17.4 Å². The molecule has 2 aliphatic carbocycles. The van der Waals surface area contributed by atoms with E-state index in [2.05, 4.69) is 37.3 Å². The lowest BCUT2D eigenvalue weighted by Gasteiger charge is -2.33. The molecule has 0 unspecified atom stereocenters. The summed E-state index contributed by atoms with van der Waals surface area (Å²) in [6, 6.07) is 4.80. The predicted octanol–water partition coefficient (Wildman–Crippen LogP) is 4.87. The van der Waals surface area contributed by atoms with Gasteiger partial charge in [0.05, 0.1) is 5.69 Å². The predicted molar refractivity (Wildman–Crippen MR) is 127 cm³/mol. The molecule has 0 spiro atoms. The number of ether oxygens (including phenoxy) is 1. The van der Waals surface area contributed by atoms with E-state index in [1.807, 2.05) is 13.0 Å². The molecular weight excluding hydrogens is 454 g/mol. The maximum absolute atomic E-state index is 15.2. The van der Waals surface area contributed by atoms with Crippen LogP contribution in [0.1, 0.15) is 42.5 Å². The molecule has 3 aromatic rings. The molecule has 2 fully saturated rings. The number of hydrogen-bond donors (Lipinski definition) is 1. The van der Waals surface area contributed by atoms with Crippen LogP contribution in [0.15, 0.2) is 28.3 Å². The maximum Gasteiger partial charge on any atom is 0.326 e. The zero-order chi connectivity index (χ0) is 24.1. The van der Waals surface area contributed by atoms with Gasteiger partial charge < -0.3 is 24.4 Å². The van der Waals surface area contributed by atoms with Crippen LogP contribution in [0.25, 0.3) is 6.08 Å². The lowest BCUT2D eigenvalue weighted by atomic mass is 10.1. The van der Waals surface area contributed by atoms with Crippen LogP contribution in [0.5, 0.6) is 11.8 Å². The molecule has 1 aromatic carbocycles. The molecule has 0 atom stereocenters. The molecule has 0 amide bonds. The summed E-state index contributed by atoms with van der Waals surface area (Å²) in [4.78, 5) is 13.2. The van der Waals surface area contributed by atoms with Crippen molar-refractivity contribution in [3.05, 3.63) is 52.2 Å². The number of likely N-dealkylation sites (N-methyl/N-ethyl adjacent to an activating group) is 1. The first-order valence-corrected chi connectivity index (χ1v) is 11.8. The number of nitrogens with zero attached hydrogens (tertiary/aromatic N) is 5. The third kappa shape index (κ3) is 4.45. The van der Waals surface area contributed by atoms with Crippen molar-refractivity contribution >= 4 is 23.6 Å². The monoisotopic (exact) mass is 480 g/mol. The van der Waals surface area contributed by atoms with Gasteiger partial charge in [-0.3, -0.25) is 0 Å². The number of anilines is 3. The van der Waals surface area contributed by atoms with E-state index in [1.165, 1.54) is 6.07 Å². The number of piperazine rings is 1. The smallest absolute Gasteiger partial charge is 0.326 e. The van der Waals surface area contributed by atoms with Gasteiger partial charge in [0, 0.05) is 49.8 Å². The Kier molecular flexibility index (Phi) is 5.40. The van der Waals surface area contributed by atoms with Gasteiger partial charge in [0.15, 0.2) is 11.6 Å². The van der Waals surface area contributed by atoms with Crippen molar-refractivity contribution in [3.63, 3.8) is 0 Å². The molecule has 1 saturated carbocycles. The summed E-state index contributed by atoms with van der Waals surface area (Å²) >= 11 is 0. The van der Waals surface area contributed by atoms with Gasteiger partial charge in [-0.2, -0.15) is 9.97 Å². The van der Waals surface area contributed by atoms with Gasteiger partial charge in [-0.1, -0.05) is 16.8 Å². The van der Waals surface area contributed by atoms with Crippen LogP contribution < -0.4 is 15.0 Å². The number of hydrogen-bond acceptors (Lipinski definition) is 8.